The maximum atomic E-state index is 10.6. The summed E-state index contributed by atoms with van der Waals surface area (Å²) >= 11 is 0. The first kappa shape index (κ1) is 24.8. The molecule has 0 spiro atoms. The Kier molecular flexibility index (Phi) is 21.0. The Hall–Kier alpha value is -0.493. The summed E-state index contributed by atoms with van der Waals surface area (Å²) < 4.78 is 0. The Bertz CT molecular complexity index is 294. The van der Waals surface area contributed by atoms with Gasteiger partial charge in [0.15, 0.2) is 0 Å². The van der Waals surface area contributed by atoms with Crippen LogP contribution in [0.15, 0.2) is 24.3 Å². The number of aliphatic carboxylic acids is 1. The summed E-state index contributed by atoms with van der Waals surface area (Å²) in [6, 6.07) is 0. The van der Waals surface area contributed by atoms with Gasteiger partial charge in [-0.1, -0.05) is 38.2 Å². The van der Waals surface area contributed by atoms with Gasteiger partial charge in [0.25, 0.3) is 0 Å². The van der Waals surface area contributed by atoms with Crippen molar-refractivity contribution in [1.29, 1.82) is 0 Å². The number of nitrogens with zero attached hydrogens (tertiary/aromatic N) is 1. The van der Waals surface area contributed by atoms with Crippen molar-refractivity contribution in [3.63, 3.8) is 0 Å². The van der Waals surface area contributed by atoms with Crippen molar-refractivity contribution in [2.24, 2.45) is 0 Å². The predicted molar refractivity (Wildman–Crippen MR) is 92.6 cm³/mol. The van der Waals surface area contributed by atoms with Crippen molar-refractivity contribution in [3.8, 4) is 0 Å². The van der Waals surface area contributed by atoms with Gasteiger partial charge in [-0.3, -0.25) is 0 Å². The molecule has 0 fully saturated rings. The Labute approximate surface area is 155 Å². The number of hydrogen-bond acceptors (Lipinski definition) is 3. The summed E-state index contributed by atoms with van der Waals surface area (Å²) in [7, 11) is 0. The van der Waals surface area contributed by atoms with Crippen LogP contribution in [0.1, 0.15) is 71.6 Å². The fraction of sp³-hybridized carbons (Fsp3) is 0.737. The molecule has 0 saturated carbocycles. The molecule has 0 aromatic carbocycles. The van der Waals surface area contributed by atoms with E-state index in [4.69, 9.17) is 0 Å². The molecule has 0 N–H and O–H groups in total. The first-order valence-electron chi connectivity index (χ1n) is 8.92. The van der Waals surface area contributed by atoms with Crippen LogP contribution in [0.3, 0.4) is 0 Å². The van der Waals surface area contributed by atoms with Crippen molar-refractivity contribution in [2.45, 2.75) is 71.6 Å². The third-order valence-corrected chi connectivity index (χ3v) is 3.63. The first-order chi connectivity index (χ1) is 10.7. The maximum Gasteiger partial charge on any atom is 1.00 e. The van der Waals surface area contributed by atoms with E-state index in [-0.39, 0.29) is 25.3 Å². The van der Waals surface area contributed by atoms with Gasteiger partial charge in [-0.2, -0.15) is 0 Å². The largest absolute Gasteiger partial charge is 1.00 e. The fourth-order valence-electron chi connectivity index (χ4n) is 2.35. The van der Waals surface area contributed by atoms with Crippen LogP contribution in [-0.4, -0.2) is 30.5 Å². The molecule has 3 nitrogen and oxygen atoms in total. The van der Waals surface area contributed by atoms with Crippen LogP contribution in [0.25, 0.3) is 0 Å². The number of hydrogen-bond donors (Lipinski definition) is 0. The van der Waals surface area contributed by atoms with Crippen molar-refractivity contribution < 1.29 is 28.8 Å². The normalized spacial score (nSPS) is 11.4. The number of allylic oxidation sites excluding steroid dienone is 4. The van der Waals surface area contributed by atoms with Gasteiger partial charge in [0, 0.05) is 12.5 Å². The molecule has 23 heavy (non-hydrogen) atoms. The monoisotopic (exact) mass is 315 g/mol. The van der Waals surface area contributed by atoms with E-state index in [9.17, 15) is 9.90 Å². The molecule has 0 heterocycles. The second kappa shape index (κ2) is 19.6. The average Bonchev–Trinajstić information content (AvgIpc) is 2.50. The second-order valence-corrected chi connectivity index (χ2v) is 5.71. The molecule has 0 atom stereocenters. The minimum Gasteiger partial charge on any atom is -0.550 e. The molecule has 0 aliphatic heterocycles. The standard InChI is InChI=1S/C19H35NO2.Li/c1-3-5-7-9-11-13-16-20(18-15-19(21)22)17-14-12-10-8-6-4-2;/h5-8H,3-4,9-18H2,1-2H3,(H,21,22);/q;+1/p-1/b7-5+,8-6+;. The minimum absolute atomic E-state index is 0. The third kappa shape index (κ3) is 19.5. The molecule has 0 aliphatic rings. The molecule has 4 heteroatoms. The summed E-state index contributed by atoms with van der Waals surface area (Å²) in [5, 5.41) is 10.6. The van der Waals surface area contributed by atoms with Crippen LogP contribution in [0.2, 0.25) is 0 Å². The number of carbonyl (C=O) groups is 1. The Morgan fingerprint density at radius 2 is 1.30 bits per heavy atom. The van der Waals surface area contributed by atoms with Gasteiger partial charge >= 0.3 is 18.9 Å². The van der Waals surface area contributed by atoms with Crippen LogP contribution < -0.4 is 24.0 Å². The van der Waals surface area contributed by atoms with E-state index >= 15 is 0 Å². The molecule has 128 valence electrons. The predicted octanol–water partition coefficient (Wildman–Crippen LogP) is 0.705. The molecular formula is C19H34LiNO2. The van der Waals surface area contributed by atoms with Crippen molar-refractivity contribution >= 4 is 5.97 Å². The molecule has 0 saturated heterocycles. The van der Waals surface area contributed by atoms with Gasteiger partial charge in [0.1, 0.15) is 0 Å². The summed E-state index contributed by atoms with van der Waals surface area (Å²) in [4.78, 5) is 12.9. The summed E-state index contributed by atoms with van der Waals surface area (Å²) in [5.41, 5.74) is 0. The van der Waals surface area contributed by atoms with E-state index in [2.05, 4.69) is 43.1 Å². The Morgan fingerprint density at radius 3 is 1.70 bits per heavy atom. The van der Waals surface area contributed by atoms with Gasteiger partial charge in [0.2, 0.25) is 0 Å². The molecular weight excluding hydrogens is 281 g/mol. The van der Waals surface area contributed by atoms with E-state index in [1.54, 1.807) is 0 Å². The summed E-state index contributed by atoms with van der Waals surface area (Å²) in [6.45, 7) is 6.91. The van der Waals surface area contributed by atoms with E-state index in [0.29, 0.717) is 6.54 Å². The van der Waals surface area contributed by atoms with Gasteiger partial charge in [0.05, 0.1) is 0 Å². The summed E-state index contributed by atoms with van der Waals surface area (Å²) in [5.74, 6) is -0.943. The number of carboxylic acids is 1. The van der Waals surface area contributed by atoms with Crippen molar-refractivity contribution in [2.75, 3.05) is 19.6 Å². The topological polar surface area (TPSA) is 43.4 Å². The second-order valence-electron chi connectivity index (χ2n) is 5.71. The zero-order chi connectivity index (χ0) is 16.5. The fourth-order valence-corrected chi connectivity index (χ4v) is 2.35. The van der Waals surface area contributed by atoms with Crippen molar-refractivity contribution in [3.05, 3.63) is 24.3 Å². The molecule has 0 aromatic rings. The molecule has 0 rings (SSSR count). The van der Waals surface area contributed by atoms with Crippen LogP contribution in [0.4, 0.5) is 0 Å². The zero-order valence-corrected chi connectivity index (χ0v) is 15.6. The molecule has 0 amide bonds. The van der Waals surface area contributed by atoms with Gasteiger partial charge in [-0.15, -0.1) is 0 Å². The Balaban J connectivity index is 0. The molecule has 0 aromatic heterocycles. The first-order valence-corrected chi connectivity index (χ1v) is 8.92. The van der Waals surface area contributed by atoms with Crippen LogP contribution in [-0.2, 0) is 4.79 Å². The van der Waals surface area contributed by atoms with E-state index in [1.807, 2.05) is 0 Å². The Morgan fingerprint density at radius 1 is 0.826 bits per heavy atom. The van der Waals surface area contributed by atoms with E-state index in [1.165, 1.54) is 12.8 Å². The summed E-state index contributed by atoms with van der Waals surface area (Å²) in [6.07, 6.45) is 18.1. The molecule has 0 aliphatic carbocycles. The van der Waals surface area contributed by atoms with Crippen LogP contribution in [0, 0.1) is 0 Å². The zero-order valence-electron chi connectivity index (χ0n) is 15.6. The van der Waals surface area contributed by atoms with Gasteiger partial charge in [-0.25, -0.2) is 0 Å². The van der Waals surface area contributed by atoms with Crippen LogP contribution >= 0.6 is 0 Å². The molecule has 0 bridgehead atoms. The van der Waals surface area contributed by atoms with E-state index in [0.717, 1.165) is 51.6 Å². The molecule has 0 radical (unpaired) electrons. The minimum atomic E-state index is -0.943. The van der Waals surface area contributed by atoms with Crippen molar-refractivity contribution in [1.82, 2.24) is 4.90 Å². The van der Waals surface area contributed by atoms with E-state index < -0.39 is 5.97 Å². The number of unbranched alkanes of at least 4 members (excludes halogenated alkanes) is 4. The van der Waals surface area contributed by atoms with Gasteiger partial charge in [-0.05, 0) is 70.9 Å². The number of rotatable bonds is 15. The number of carboxylic acid groups (broad SMARTS) is 1. The quantitative estimate of drug-likeness (QED) is 0.254. The number of carbonyl (C=O) groups excluding carboxylic acids is 1. The SMILES string of the molecule is CC/C=C/CCCCN(CCCC/C=C/CC)CCC(=O)[O-].[Li+]. The third-order valence-electron chi connectivity index (χ3n) is 3.63. The van der Waals surface area contributed by atoms with Gasteiger partial charge < -0.3 is 14.8 Å². The smallest absolute Gasteiger partial charge is 0.550 e. The average molecular weight is 315 g/mol. The maximum absolute atomic E-state index is 10.6. The molecule has 0 unspecified atom stereocenters. The van der Waals surface area contributed by atoms with Crippen LogP contribution in [0.5, 0.6) is 0 Å².